The summed E-state index contributed by atoms with van der Waals surface area (Å²) >= 11 is 0. The number of ether oxygens (including phenoxy) is 1. The Labute approximate surface area is 175 Å². The monoisotopic (exact) mass is 415 g/mol. The third kappa shape index (κ3) is 4.67. The quantitative estimate of drug-likeness (QED) is 0.772. The van der Waals surface area contributed by atoms with Crippen molar-refractivity contribution in [2.24, 2.45) is 5.92 Å². The number of amides is 2. The lowest BCUT2D eigenvalue weighted by molar-refractivity contribution is 0.0593. The van der Waals surface area contributed by atoms with Crippen molar-refractivity contribution in [1.82, 2.24) is 14.9 Å². The van der Waals surface area contributed by atoms with Gasteiger partial charge in [-0.25, -0.2) is 23.9 Å². The average Bonchev–Trinajstić information content (AvgIpc) is 2.75. The number of benzene rings is 1. The Kier molecular flexibility index (Phi) is 6.49. The van der Waals surface area contributed by atoms with E-state index in [-0.39, 0.29) is 29.4 Å². The Morgan fingerprint density at radius 1 is 1.23 bits per heavy atom. The van der Waals surface area contributed by atoms with Crippen LogP contribution in [0.1, 0.15) is 29.9 Å². The Morgan fingerprint density at radius 2 is 2.00 bits per heavy atom. The van der Waals surface area contributed by atoms with Gasteiger partial charge >= 0.3 is 12.0 Å². The van der Waals surface area contributed by atoms with Crippen LogP contribution in [0.25, 0.3) is 0 Å². The highest BCUT2D eigenvalue weighted by Crippen LogP contribution is 2.23. The number of anilines is 2. The first kappa shape index (κ1) is 21.5. The molecule has 0 radical (unpaired) electrons. The maximum Gasteiger partial charge on any atom is 0.358 e. The minimum Gasteiger partial charge on any atom is -0.464 e. The molecule has 1 saturated heterocycles. The molecule has 1 N–H and O–H groups in total. The van der Waals surface area contributed by atoms with Gasteiger partial charge in [0.1, 0.15) is 11.6 Å². The molecule has 9 heteroatoms. The summed E-state index contributed by atoms with van der Waals surface area (Å²) in [5.41, 5.74) is 1.18. The predicted molar refractivity (Wildman–Crippen MR) is 111 cm³/mol. The van der Waals surface area contributed by atoms with E-state index in [1.807, 2.05) is 25.7 Å². The van der Waals surface area contributed by atoms with Crippen LogP contribution in [0.3, 0.4) is 0 Å². The van der Waals surface area contributed by atoms with Crippen molar-refractivity contribution >= 4 is 23.5 Å². The van der Waals surface area contributed by atoms with Gasteiger partial charge in [0.25, 0.3) is 0 Å². The van der Waals surface area contributed by atoms with Gasteiger partial charge < -0.3 is 19.9 Å². The first-order chi connectivity index (χ1) is 14.3. The van der Waals surface area contributed by atoms with Crippen molar-refractivity contribution in [3.8, 4) is 0 Å². The molecule has 3 rings (SSSR count). The van der Waals surface area contributed by atoms with Crippen LogP contribution in [0.2, 0.25) is 0 Å². The predicted octanol–water partition coefficient (Wildman–Crippen LogP) is 3.09. The number of halogens is 1. The third-order valence-electron chi connectivity index (χ3n) is 5.17. The van der Waals surface area contributed by atoms with E-state index in [4.69, 9.17) is 0 Å². The molecule has 1 fully saturated rings. The molecule has 2 aromatic rings. The number of piperazine rings is 1. The highest BCUT2D eigenvalue weighted by atomic mass is 19.1. The second-order valence-corrected chi connectivity index (χ2v) is 7.62. The van der Waals surface area contributed by atoms with E-state index < -0.39 is 11.8 Å². The Morgan fingerprint density at radius 3 is 2.63 bits per heavy atom. The van der Waals surface area contributed by atoms with Crippen LogP contribution in [0.4, 0.5) is 20.7 Å². The fraction of sp³-hybridized carbons (Fsp3) is 0.429. The molecule has 0 saturated carbocycles. The van der Waals surface area contributed by atoms with Crippen molar-refractivity contribution in [2.45, 2.75) is 26.8 Å². The van der Waals surface area contributed by atoms with E-state index in [9.17, 15) is 14.0 Å². The number of urea groups is 1. The van der Waals surface area contributed by atoms with Crippen LogP contribution in [0, 0.1) is 18.7 Å². The van der Waals surface area contributed by atoms with Crippen LogP contribution >= 0.6 is 0 Å². The van der Waals surface area contributed by atoms with Crippen LogP contribution in [0.15, 0.2) is 30.6 Å². The summed E-state index contributed by atoms with van der Waals surface area (Å²) in [5.74, 6) is -0.213. The summed E-state index contributed by atoms with van der Waals surface area (Å²) in [6.07, 6.45) is 2.91. The summed E-state index contributed by atoms with van der Waals surface area (Å²) in [5, 5.41) is 2.70. The Hall–Kier alpha value is -3.23. The lowest BCUT2D eigenvalue weighted by atomic mass is 10.00. The van der Waals surface area contributed by atoms with Gasteiger partial charge in [0.05, 0.1) is 31.2 Å². The molecule has 1 unspecified atom stereocenters. The van der Waals surface area contributed by atoms with Gasteiger partial charge in [-0.15, -0.1) is 0 Å². The number of hydrogen-bond donors (Lipinski definition) is 1. The molecule has 30 heavy (non-hydrogen) atoms. The zero-order chi connectivity index (χ0) is 21.8. The molecule has 8 nitrogen and oxygen atoms in total. The van der Waals surface area contributed by atoms with Gasteiger partial charge in [0, 0.05) is 19.6 Å². The van der Waals surface area contributed by atoms with Gasteiger partial charge in [0.15, 0.2) is 5.69 Å². The smallest absolute Gasteiger partial charge is 0.358 e. The number of aromatic nitrogens is 2. The molecule has 1 aromatic heterocycles. The minimum atomic E-state index is -0.543. The molecule has 1 aliphatic rings. The number of aryl methyl sites for hydroxylation is 1. The van der Waals surface area contributed by atoms with E-state index in [1.165, 1.54) is 25.6 Å². The number of carbonyl (C=O) groups is 2. The molecule has 1 atom stereocenters. The molecular formula is C21H26FN5O3. The molecule has 2 amide bonds. The number of carbonyl (C=O) groups excluding carboxylic acids is 2. The first-order valence-electron chi connectivity index (χ1n) is 9.79. The molecule has 1 aliphatic heterocycles. The summed E-state index contributed by atoms with van der Waals surface area (Å²) in [4.78, 5) is 36.6. The summed E-state index contributed by atoms with van der Waals surface area (Å²) in [6.45, 7) is 7.45. The molecule has 2 heterocycles. The van der Waals surface area contributed by atoms with Crippen molar-refractivity contribution in [2.75, 3.05) is 37.0 Å². The molecule has 160 valence electrons. The van der Waals surface area contributed by atoms with Gasteiger partial charge in [-0.1, -0.05) is 19.9 Å². The Bertz CT molecular complexity index is 919. The van der Waals surface area contributed by atoms with E-state index in [1.54, 1.807) is 17.0 Å². The van der Waals surface area contributed by atoms with Crippen LogP contribution in [-0.2, 0) is 4.74 Å². The average molecular weight is 415 g/mol. The summed E-state index contributed by atoms with van der Waals surface area (Å²) in [6, 6.07) is 4.19. The molecule has 0 bridgehead atoms. The SMILES string of the molecule is COC(=O)c1cnc(N2CCN(C(=O)Nc3cc(C)ccc3F)C(C(C)C)C2)cn1. The zero-order valence-corrected chi connectivity index (χ0v) is 17.6. The minimum absolute atomic E-state index is 0.103. The third-order valence-corrected chi connectivity index (χ3v) is 5.17. The fourth-order valence-electron chi connectivity index (χ4n) is 3.46. The summed E-state index contributed by atoms with van der Waals surface area (Å²) in [7, 11) is 1.29. The van der Waals surface area contributed by atoms with Gasteiger partial charge in [-0.05, 0) is 30.5 Å². The highest BCUT2D eigenvalue weighted by Gasteiger charge is 2.33. The van der Waals surface area contributed by atoms with Gasteiger partial charge in [-0.3, -0.25) is 0 Å². The second-order valence-electron chi connectivity index (χ2n) is 7.62. The van der Waals surface area contributed by atoms with Gasteiger partial charge in [-0.2, -0.15) is 0 Å². The lowest BCUT2D eigenvalue weighted by Gasteiger charge is -2.43. The maximum absolute atomic E-state index is 14.1. The topological polar surface area (TPSA) is 87.7 Å². The molecule has 1 aromatic carbocycles. The van der Waals surface area contributed by atoms with Crippen molar-refractivity contribution < 1.29 is 18.7 Å². The number of hydrogen-bond acceptors (Lipinski definition) is 6. The molecular weight excluding hydrogens is 389 g/mol. The van der Waals surface area contributed by atoms with Crippen LogP contribution in [-0.4, -0.2) is 59.7 Å². The number of nitrogens with one attached hydrogen (secondary N) is 1. The van der Waals surface area contributed by atoms with E-state index in [0.29, 0.717) is 25.5 Å². The zero-order valence-electron chi connectivity index (χ0n) is 17.6. The number of esters is 1. The normalized spacial score (nSPS) is 16.5. The highest BCUT2D eigenvalue weighted by molar-refractivity contribution is 5.90. The summed E-state index contributed by atoms with van der Waals surface area (Å²) < 4.78 is 18.7. The van der Waals surface area contributed by atoms with E-state index in [2.05, 4.69) is 20.0 Å². The number of rotatable bonds is 4. The van der Waals surface area contributed by atoms with Crippen molar-refractivity contribution in [3.63, 3.8) is 0 Å². The van der Waals surface area contributed by atoms with E-state index >= 15 is 0 Å². The van der Waals surface area contributed by atoms with Crippen LogP contribution < -0.4 is 10.2 Å². The second kappa shape index (κ2) is 9.06. The van der Waals surface area contributed by atoms with Crippen molar-refractivity contribution in [1.29, 1.82) is 0 Å². The lowest BCUT2D eigenvalue weighted by Crippen LogP contribution is -2.58. The first-order valence-corrected chi connectivity index (χ1v) is 9.79. The largest absolute Gasteiger partial charge is 0.464 e. The number of nitrogens with zero attached hydrogens (tertiary/aromatic N) is 4. The van der Waals surface area contributed by atoms with Gasteiger partial charge in [0.2, 0.25) is 0 Å². The fourth-order valence-corrected chi connectivity index (χ4v) is 3.46. The van der Waals surface area contributed by atoms with E-state index in [0.717, 1.165) is 5.56 Å². The van der Waals surface area contributed by atoms with Crippen molar-refractivity contribution in [3.05, 3.63) is 47.7 Å². The molecule has 0 aliphatic carbocycles. The standard InChI is InChI=1S/C21H26FN5O3/c1-13(2)18-12-26(19-11-23-17(10-24-19)20(28)30-4)7-8-27(18)21(29)25-16-9-14(3)5-6-15(16)22/h5-6,9-11,13,18H,7-8,12H2,1-4H3,(H,25,29). The number of methoxy groups -OCH3 is 1. The molecule has 0 spiro atoms. The maximum atomic E-state index is 14.1. The Balaban J connectivity index is 1.73. The van der Waals surface area contributed by atoms with Crippen LogP contribution in [0.5, 0.6) is 0 Å².